The maximum atomic E-state index is 12.3. The maximum absolute atomic E-state index is 12.3. The molecule has 0 fully saturated rings. The lowest BCUT2D eigenvalue weighted by atomic mass is 10.1. The Kier molecular flexibility index (Phi) is 7.38. The van der Waals surface area contributed by atoms with E-state index in [9.17, 15) is 23.1 Å². The number of anilines is 1. The first-order chi connectivity index (χ1) is 15.3. The van der Waals surface area contributed by atoms with Crippen LogP contribution in [-0.2, 0) is 13.1 Å². The van der Waals surface area contributed by atoms with E-state index in [4.69, 9.17) is 9.15 Å². The Morgan fingerprint density at radius 3 is 2.75 bits per heavy atom. The Labute approximate surface area is 180 Å². The number of hydrogen-bond acceptors (Lipinski definition) is 9. The van der Waals surface area contributed by atoms with Crippen molar-refractivity contribution >= 4 is 12.1 Å². The number of carbonyl (C=O) groups excluding carboxylic acids is 1. The third kappa shape index (κ3) is 6.25. The molecule has 0 radical (unpaired) electrons. The molecule has 3 rings (SSSR count). The molecule has 170 valence electrons. The molecular formula is C20H20F3N5O4. The molecule has 0 aliphatic rings. The van der Waals surface area contributed by atoms with Gasteiger partial charge in [0.15, 0.2) is 31.3 Å². The number of oxazole rings is 1. The van der Waals surface area contributed by atoms with E-state index in [1.165, 1.54) is 31.1 Å². The molecule has 1 atom stereocenters. The van der Waals surface area contributed by atoms with E-state index < -0.39 is 19.0 Å². The average molecular weight is 451 g/mol. The van der Waals surface area contributed by atoms with Crippen molar-refractivity contribution in [2.45, 2.75) is 32.4 Å². The van der Waals surface area contributed by atoms with Gasteiger partial charge in [-0.15, -0.1) is 0 Å². The summed E-state index contributed by atoms with van der Waals surface area (Å²) in [4.78, 5) is 23.3. The standard InChI is InChI=1S/C20H20F3N5O4/c1-12-4-13(6-27-19(12)31-10-20(21,22)23)5-24-7-15-14(9-29)2-3-26-17(15)28-18(30)16-8-25-11-32-16/h2-4,6,8-9,11,18,24,30H,5,7,10H2,1H3,(H,26,28). The molecule has 0 spiro atoms. The number of aryl methyl sites for hydroxylation is 1. The van der Waals surface area contributed by atoms with Crippen molar-refractivity contribution in [1.29, 1.82) is 0 Å². The monoisotopic (exact) mass is 451 g/mol. The van der Waals surface area contributed by atoms with Crippen LogP contribution in [0.5, 0.6) is 5.88 Å². The Bertz CT molecular complexity index is 1040. The zero-order valence-corrected chi connectivity index (χ0v) is 16.9. The number of pyridine rings is 2. The van der Waals surface area contributed by atoms with E-state index in [1.54, 1.807) is 13.0 Å². The molecule has 3 N–H and O–H groups in total. The fourth-order valence-corrected chi connectivity index (χ4v) is 2.84. The van der Waals surface area contributed by atoms with Gasteiger partial charge in [-0.2, -0.15) is 13.2 Å². The lowest BCUT2D eigenvalue weighted by molar-refractivity contribution is -0.154. The van der Waals surface area contributed by atoms with Crippen LogP contribution in [0.2, 0.25) is 0 Å². The van der Waals surface area contributed by atoms with Gasteiger partial charge in [0.25, 0.3) is 0 Å². The van der Waals surface area contributed by atoms with Crippen molar-refractivity contribution in [3.8, 4) is 5.88 Å². The second kappa shape index (κ2) is 10.2. The summed E-state index contributed by atoms with van der Waals surface area (Å²) in [5.41, 5.74) is 2.04. The van der Waals surface area contributed by atoms with Gasteiger partial charge in [0.1, 0.15) is 5.82 Å². The van der Waals surface area contributed by atoms with Crippen molar-refractivity contribution in [3.63, 3.8) is 0 Å². The van der Waals surface area contributed by atoms with E-state index in [0.717, 1.165) is 0 Å². The molecule has 0 amide bonds. The Hall–Kier alpha value is -3.51. The topological polar surface area (TPSA) is 122 Å². The van der Waals surface area contributed by atoms with Crippen molar-refractivity contribution in [1.82, 2.24) is 20.3 Å². The zero-order chi connectivity index (χ0) is 23.1. The highest BCUT2D eigenvalue weighted by Gasteiger charge is 2.29. The number of hydrogen-bond donors (Lipinski definition) is 3. The van der Waals surface area contributed by atoms with Crippen molar-refractivity contribution in [2.75, 3.05) is 11.9 Å². The summed E-state index contributed by atoms with van der Waals surface area (Å²) in [5.74, 6) is 0.363. The van der Waals surface area contributed by atoms with Crippen LogP contribution in [0, 0.1) is 6.92 Å². The van der Waals surface area contributed by atoms with Gasteiger partial charge in [-0.25, -0.2) is 15.0 Å². The van der Waals surface area contributed by atoms with Crippen LogP contribution < -0.4 is 15.4 Å². The number of carbonyl (C=O) groups is 1. The third-order valence-corrected chi connectivity index (χ3v) is 4.30. The van der Waals surface area contributed by atoms with Crippen molar-refractivity contribution in [2.24, 2.45) is 0 Å². The molecule has 1 unspecified atom stereocenters. The van der Waals surface area contributed by atoms with E-state index in [1.807, 2.05) is 0 Å². The summed E-state index contributed by atoms with van der Waals surface area (Å²) < 4.78 is 46.7. The minimum atomic E-state index is -4.44. The Balaban J connectivity index is 1.65. The zero-order valence-electron chi connectivity index (χ0n) is 16.9. The van der Waals surface area contributed by atoms with Gasteiger partial charge in [0.05, 0.1) is 6.20 Å². The van der Waals surface area contributed by atoms with E-state index in [-0.39, 0.29) is 24.0 Å². The summed E-state index contributed by atoms with van der Waals surface area (Å²) in [6.45, 7) is 0.702. The van der Waals surface area contributed by atoms with Gasteiger partial charge in [-0.1, -0.05) is 0 Å². The summed E-state index contributed by atoms with van der Waals surface area (Å²) in [6.07, 6.45) is 0.355. The number of aldehydes is 1. The van der Waals surface area contributed by atoms with Crippen LogP contribution in [0.1, 0.15) is 39.0 Å². The van der Waals surface area contributed by atoms with Gasteiger partial charge in [-0.05, 0) is 24.6 Å². The normalized spacial score (nSPS) is 12.4. The SMILES string of the molecule is Cc1cc(CNCc2c(C=O)ccnc2NC(O)c2cnco2)cnc1OCC(F)(F)F. The number of nitrogens with one attached hydrogen (secondary N) is 2. The van der Waals surface area contributed by atoms with Gasteiger partial charge >= 0.3 is 6.18 Å². The van der Waals surface area contributed by atoms with Crippen LogP contribution in [0.15, 0.2) is 41.5 Å². The number of aliphatic hydroxyl groups excluding tert-OH is 1. The molecule has 3 heterocycles. The van der Waals surface area contributed by atoms with Gasteiger partial charge in [-0.3, -0.25) is 4.79 Å². The fourth-order valence-electron chi connectivity index (χ4n) is 2.84. The fraction of sp³-hybridized carbons (Fsp3) is 0.300. The molecule has 9 nitrogen and oxygen atoms in total. The van der Waals surface area contributed by atoms with E-state index in [0.29, 0.717) is 35.1 Å². The highest BCUT2D eigenvalue weighted by Crippen LogP contribution is 2.22. The molecule has 0 saturated carbocycles. The summed E-state index contributed by atoms with van der Waals surface area (Å²) in [6, 6.07) is 3.19. The van der Waals surface area contributed by atoms with Crippen molar-refractivity contribution < 1.29 is 32.2 Å². The minimum Gasteiger partial charge on any atom is -0.468 e. The molecule has 12 heteroatoms. The molecule has 32 heavy (non-hydrogen) atoms. The first kappa shape index (κ1) is 23.2. The summed E-state index contributed by atoms with van der Waals surface area (Å²) >= 11 is 0. The van der Waals surface area contributed by atoms with Crippen molar-refractivity contribution in [3.05, 3.63) is 65.1 Å². The highest BCUT2D eigenvalue weighted by molar-refractivity contribution is 5.79. The molecular weight excluding hydrogens is 431 g/mol. The first-order valence-electron chi connectivity index (χ1n) is 9.38. The van der Waals surface area contributed by atoms with Crippen LogP contribution in [0.25, 0.3) is 0 Å². The van der Waals surface area contributed by atoms with Gasteiger partial charge in [0.2, 0.25) is 5.88 Å². The summed E-state index contributed by atoms with van der Waals surface area (Å²) in [5, 5.41) is 16.1. The van der Waals surface area contributed by atoms with Gasteiger partial charge in [0, 0.05) is 42.2 Å². The van der Waals surface area contributed by atoms with Crippen LogP contribution in [0.3, 0.4) is 0 Å². The first-order valence-corrected chi connectivity index (χ1v) is 9.38. The molecule has 0 aromatic carbocycles. The van der Waals surface area contributed by atoms with Crippen LogP contribution in [-0.4, -0.2) is 39.1 Å². The number of alkyl halides is 3. The molecule has 3 aromatic heterocycles. The Morgan fingerprint density at radius 1 is 1.28 bits per heavy atom. The Morgan fingerprint density at radius 2 is 2.09 bits per heavy atom. The number of ether oxygens (including phenoxy) is 1. The number of halogens is 3. The number of rotatable bonds is 10. The molecule has 3 aromatic rings. The number of nitrogens with zero attached hydrogens (tertiary/aromatic N) is 3. The lowest BCUT2D eigenvalue weighted by Crippen LogP contribution is -2.20. The largest absolute Gasteiger partial charge is 0.468 e. The smallest absolute Gasteiger partial charge is 0.422 e. The summed E-state index contributed by atoms with van der Waals surface area (Å²) in [7, 11) is 0. The van der Waals surface area contributed by atoms with E-state index >= 15 is 0 Å². The minimum absolute atomic E-state index is 0.0885. The average Bonchev–Trinajstić information content (AvgIpc) is 3.28. The lowest BCUT2D eigenvalue weighted by Gasteiger charge is -2.16. The molecule has 0 aliphatic carbocycles. The third-order valence-electron chi connectivity index (χ3n) is 4.30. The maximum Gasteiger partial charge on any atom is 0.422 e. The number of aliphatic hydroxyl groups is 1. The molecule has 0 bridgehead atoms. The predicted octanol–water partition coefficient (Wildman–Crippen LogP) is 2.92. The van der Waals surface area contributed by atoms with Crippen LogP contribution >= 0.6 is 0 Å². The number of aromatic nitrogens is 3. The van der Waals surface area contributed by atoms with Gasteiger partial charge < -0.3 is 24.9 Å². The second-order valence-corrected chi connectivity index (χ2v) is 6.77. The molecule has 0 aliphatic heterocycles. The molecule has 0 saturated heterocycles. The van der Waals surface area contributed by atoms with E-state index in [2.05, 4.69) is 25.6 Å². The predicted molar refractivity (Wildman–Crippen MR) is 106 cm³/mol. The highest BCUT2D eigenvalue weighted by atomic mass is 19.4. The van der Waals surface area contributed by atoms with Crippen LogP contribution in [0.4, 0.5) is 19.0 Å². The quantitative estimate of drug-likeness (QED) is 0.315. The second-order valence-electron chi connectivity index (χ2n) is 6.77.